The minimum atomic E-state index is -0.151. The van der Waals surface area contributed by atoms with Crippen LogP contribution in [0.2, 0.25) is 0 Å². The number of benzene rings is 13. The molecule has 16 rings (SSSR count). The van der Waals surface area contributed by atoms with Gasteiger partial charge in [-0.1, -0.05) is 272 Å². The first-order valence-corrected chi connectivity index (χ1v) is 33.0. The molecule has 0 aliphatic carbocycles. The van der Waals surface area contributed by atoms with E-state index in [2.05, 4.69) is 367 Å². The summed E-state index contributed by atoms with van der Waals surface area (Å²) in [4.78, 5) is 22.2. The molecule has 95 heavy (non-hydrogen) atoms. The zero-order valence-corrected chi connectivity index (χ0v) is 54.3. The second-order valence-corrected chi connectivity index (χ2v) is 27.3. The lowest BCUT2D eigenvalue weighted by Gasteiger charge is -2.45. The van der Waals surface area contributed by atoms with E-state index in [-0.39, 0.29) is 17.5 Å². The van der Waals surface area contributed by atoms with E-state index in [0.717, 1.165) is 106 Å². The summed E-state index contributed by atoms with van der Waals surface area (Å²) in [5.41, 5.74) is 28.5. The van der Waals surface area contributed by atoms with Crippen LogP contribution in [-0.2, 0) is 10.8 Å². The molecule has 5 nitrogen and oxygen atoms in total. The fraction of sp³-hybridized carbons (Fsp3) is 0.0899. The van der Waals surface area contributed by atoms with Gasteiger partial charge in [0.15, 0.2) is 17.5 Å². The number of hydrogen-bond acceptors (Lipinski definition) is 5. The highest BCUT2D eigenvalue weighted by Crippen LogP contribution is 2.48. The van der Waals surface area contributed by atoms with Gasteiger partial charge in [0.1, 0.15) is 0 Å². The second kappa shape index (κ2) is 23.9. The SMILES string of the molecule is CC(C)(C)c1ccc2c(c1)B1c3cc(C(C)(C)C)ccc3N(c3ccc(-c4ccccc4)cc3)c3cc(-c4nc(-c5cc(-c6ccccc6)cc(-c6ccccc6)c5)nc(-c5cc(-c6ccccc6)cc(-c6ccccc6)c5)n4)cc(c31)N2c1ccc(-c2ccccc2)cc1. The first-order chi connectivity index (χ1) is 46.3. The second-order valence-electron chi connectivity index (χ2n) is 27.3. The summed E-state index contributed by atoms with van der Waals surface area (Å²) >= 11 is 0. The summed E-state index contributed by atoms with van der Waals surface area (Å²) in [6.45, 7) is 13.8. The molecule has 0 amide bonds. The van der Waals surface area contributed by atoms with Crippen molar-refractivity contribution in [2.75, 3.05) is 9.80 Å². The molecular formula is C89H70BN5. The molecule has 14 aromatic rings. The number of rotatable bonds is 11. The topological polar surface area (TPSA) is 45.2 Å². The van der Waals surface area contributed by atoms with Crippen LogP contribution in [0.1, 0.15) is 52.7 Å². The van der Waals surface area contributed by atoms with Gasteiger partial charge in [-0.2, -0.15) is 0 Å². The highest BCUT2D eigenvalue weighted by atomic mass is 15.2. The van der Waals surface area contributed by atoms with Crippen LogP contribution in [-0.4, -0.2) is 21.7 Å². The van der Waals surface area contributed by atoms with Crippen molar-refractivity contribution >= 4 is 57.2 Å². The third kappa shape index (κ3) is 11.2. The Hall–Kier alpha value is -11.5. The number of anilines is 6. The standard InChI is InChI=1S/C89H70BN5/c1-88(2,3)74-41-47-80-78(57-74)90-79-58-75(89(4,5)6)42-48-81(79)95(77-45-39-66(40-46-77)60-27-15-8-16-28-60)83-56-73(55-82(84(83)90)94(80)76-43-37-65(38-44-76)59-25-13-7-14-26-59)87-92-85(71-51-67(61-29-17-9-18-30-61)49-68(52-71)62-31-19-10-20-32-62)91-86(93-87)72-53-69(63-33-21-11-22-34-63)50-70(54-72)64-35-23-12-24-36-64/h7-58H,1-6H3. The molecule has 1 aromatic heterocycles. The van der Waals surface area contributed by atoms with E-state index in [0.29, 0.717) is 17.5 Å². The van der Waals surface area contributed by atoms with E-state index in [1.54, 1.807) is 0 Å². The molecule has 0 saturated carbocycles. The van der Waals surface area contributed by atoms with Crippen LogP contribution < -0.4 is 26.2 Å². The molecule has 2 aliphatic heterocycles. The smallest absolute Gasteiger partial charge is 0.252 e. The molecule has 13 aromatic carbocycles. The van der Waals surface area contributed by atoms with Gasteiger partial charge < -0.3 is 9.80 Å². The van der Waals surface area contributed by atoms with Crippen molar-refractivity contribution in [1.29, 1.82) is 0 Å². The Labute approximate surface area is 558 Å². The number of fused-ring (bicyclic) bond motifs is 4. The summed E-state index contributed by atoms with van der Waals surface area (Å²) in [5.74, 6) is 1.69. The van der Waals surface area contributed by atoms with Crippen molar-refractivity contribution in [3.8, 4) is 101 Å². The quantitative estimate of drug-likeness (QED) is 0.121. The highest BCUT2D eigenvalue weighted by Gasteiger charge is 2.45. The lowest BCUT2D eigenvalue weighted by Crippen LogP contribution is -2.61. The van der Waals surface area contributed by atoms with Gasteiger partial charge in [-0.3, -0.25) is 0 Å². The van der Waals surface area contributed by atoms with E-state index in [1.165, 1.54) is 38.6 Å². The summed E-state index contributed by atoms with van der Waals surface area (Å²) < 4.78 is 0. The van der Waals surface area contributed by atoms with Crippen molar-refractivity contribution in [3.05, 3.63) is 327 Å². The van der Waals surface area contributed by atoms with Gasteiger partial charge in [0.05, 0.1) is 0 Å². The molecular weight excluding hydrogens is 1150 g/mol. The van der Waals surface area contributed by atoms with Crippen molar-refractivity contribution in [2.45, 2.75) is 52.4 Å². The van der Waals surface area contributed by atoms with E-state index in [9.17, 15) is 0 Å². The fourth-order valence-corrected chi connectivity index (χ4v) is 14.0. The van der Waals surface area contributed by atoms with Gasteiger partial charge >= 0.3 is 0 Å². The Morgan fingerprint density at radius 3 is 0.768 bits per heavy atom. The Balaban J connectivity index is 1.01. The van der Waals surface area contributed by atoms with Crippen molar-refractivity contribution < 1.29 is 0 Å². The van der Waals surface area contributed by atoms with Crippen LogP contribution in [0, 0.1) is 0 Å². The molecule has 3 heterocycles. The normalized spacial score (nSPS) is 12.5. The van der Waals surface area contributed by atoms with Crippen LogP contribution in [0.4, 0.5) is 34.1 Å². The maximum atomic E-state index is 5.78. The third-order valence-corrected chi connectivity index (χ3v) is 19.0. The average Bonchev–Trinajstić information content (AvgIpc) is 0.694. The monoisotopic (exact) mass is 1220 g/mol. The minimum absolute atomic E-state index is 0.125. The molecule has 0 N–H and O–H groups in total. The molecule has 0 spiro atoms. The van der Waals surface area contributed by atoms with Crippen LogP contribution in [0.3, 0.4) is 0 Å². The van der Waals surface area contributed by atoms with Crippen molar-refractivity contribution in [1.82, 2.24) is 15.0 Å². The predicted molar refractivity (Wildman–Crippen MR) is 400 cm³/mol. The van der Waals surface area contributed by atoms with Crippen molar-refractivity contribution in [3.63, 3.8) is 0 Å². The fourth-order valence-electron chi connectivity index (χ4n) is 14.0. The third-order valence-electron chi connectivity index (χ3n) is 19.0. The van der Waals surface area contributed by atoms with Gasteiger partial charge in [-0.15, -0.1) is 0 Å². The maximum absolute atomic E-state index is 5.78. The molecule has 0 unspecified atom stereocenters. The van der Waals surface area contributed by atoms with Crippen LogP contribution in [0.5, 0.6) is 0 Å². The molecule has 454 valence electrons. The minimum Gasteiger partial charge on any atom is -0.311 e. The largest absolute Gasteiger partial charge is 0.311 e. The first-order valence-electron chi connectivity index (χ1n) is 33.0. The molecule has 0 bridgehead atoms. The molecule has 0 radical (unpaired) electrons. The summed E-state index contributed by atoms with van der Waals surface area (Å²) in [5, 5.41) is 0. The average molecular weight is 1220 g/mol. The Morgan fingerprint density at radius 2 is 0.484 bits per heavy atom. The van der Waals surface area contributed by atoms with Gasteiger partial charge in [0.2, 0.25) is 0 Å². The molecule has 0 fully saturated rings. The Morgan fingerprint density at radius 1 is 0.232 bits per heavy atom. The van der Waals surface area contributed by atoms with Crippen LogP contribution >= 0.6 is 0 Å². The predicted octanol–water partition coefficient (Wildman–Crippen LogP) is 21.6. The zero-order valence-electron chi connectivity index (χ0n) is 54.3. The van der Waals surface area contributed by atoms with E-state index < -0.39 is 0 Å². The van der Waals surface area contributed by atoms with Gasteiger partial charge in [-0.05, 0) is 190 Å². The lowest BCUT2D eigenvalue weighted by atomic mass is 9.33. The number of nitrogens with zero attached hydrogens (tertiary/aromatic N) is 5. The number of aromatic nitrogens is 3. The summed E-state index contributed by atoms with van der Waals surface area (Å²) in [6, 6.07) is 115. The van der Waals surface area contributed by atoms with Gasteiger partial charge in [0, 0.05) is 50.8 Å². The summed E-state index contributed by atoms with van der Waals surface area (Å²) in [6.07, 6.45) is 0. The Bertz CT molecular complexity index is 4730. The van der Waals surface area contributed by atoms with Crippen LogP contribution in [0.15, 0.2) is 315 Å². The molecule has 2 aliphatic rings. The van der Waals surface area contributed by atoms with E-state index in [1.807, 2.05) is 0 Å². The highest BCUT2D eigenvalue weighted by molar-refractivity contribution is 7.00. The molecule has 0 atom stereocenters. The molecule has 0 saturated heterocycles. The van der Waals surface area contributed by atoms with Gasteiger partial charge in [0.25, 0.3) is 6.71 Å². The summed E-state index contributed by atoms with van der Waals surface area (Å²) in [7, 11) is 0. The van der Waals surface area contributed by atoms with Crippen LogP contribution in [0.25, 0.3) is 101 Å². The first kappa shape index (κ1) is 58.6. The van der Waals surface area contributed by atoms with Gasteiger partial charge in [-0.25, -0.2) is 15.0 Å². The van der Waals surface area contributed by atoms with Crippen molar-refractivity contribution in [2.24, 2.45) is 0 Å². The Kier molecular flexibility index (Phi) is 14.7. The lowest BCUT2D eigenvalue weighted by molar-refractivity contribution is 0.590. The zero-order chi connectivity index (χ0) is 64.4. The molecule has 6 heteroatoms. The van der Waals surface area contributed by atoms with E-state index in [4.69, 9.17) is 15.0 Å². The number of hydrogen-bond donors (Lipinski definition) is 0. The maximum Gasteiger partial charge on any atom is 0.252 e. The van der Waals surface area contributed by atoms with E-state index >= 15 is 0 Å².